The maximum absolute atomic E-state index is 5.11. The number of aliphatic imine (C=N–C) groups is 1. The first kappa shape index (κ1) is 17.7. The van der Waals surface area contributed by atoms with Crippen LogP contribution in [0.25, 0.3) is 0 Å². The Balaban J connectivity index is 1.47. The van der Waals surface area contributed by atoms with Crippen molar-refractivity contribution in [3.8, 4) is 0 Å². The van der Waals surface area contributed by atoms with Crippen molar-refractivity contribution in [3.05, 3.63) is 40.5 Å². The molecule has 1 aromatic heterocycles. The summed E-state index contributed by atoms with van der Waals surface area (Å²) < 4.78 is 6.25. The van der Waals surface area contributed by atoms with Crippen LogP contribution in [0.4, 0.5) is 5.69 Å². The van der Waals surface area contributed by atoms with E-state index >= 15 is 0 Å². The lowest BCUT2D eigenvalue weighted by atomic mass is 10.2. The van der Waals surface area contributed by atoms with Crippen LogP contribution in [-0.4, -0.2) is 48.8 Å². The molecule has 1 unspecified atom stereocenters. The lowest BCUT2D eigenvalue weighted by Crippen LogP contribution is -2.45. The highest BCUT2D eigenvalue weighted by atomic mass is 79.9. The summed E-state index contributed by atoms with van der Waals surface area (Å²) in [5, 5.41) is 10.6. The molecule has 0 aliphatic carbocycles. The molecular weight excluding hydrogens is 384 g/mol. The second-order valence-electron chi connectivity index (χ2n) is 6.01. The molecule has 25 heavy (non-hydrogen) atoms. The zero-order chi connectivity index (χ0) is 17.6. The Morgan fingerprint density at radius 2 is 2.28 bits per heavy atom. The summed E-state index contributed by atoms with van der Waals surface area (Å²) in [6.45, 7) is 4.49. The quantitative estimate of drug-likeness (QED) is 0.584. The SMILES string of the molecule is CN=C(NCCc1nc(C)no1)NC1CCN(c2ccccc2Br)C1. The highest BCUT2D eigenvalue weighted by Crippen LogP contribution is 2.28. The number of aryl methyl sites for hydroxylation is 1. The van der Waals surface area contributed by atoms with E-state index in [9.17, 15) is 0 Å². The molecule has 1 fully saturated rings. The molecule has 0 radical (unpaired) electrons. The molecular formula is C17H23BrN6O. The fourth-order valence-corrected chi connectivity index (χ4v) is 3.46. The minimum atomic E-state index is 0.365. The number of nitrogens with zero attached hydrogens (tertiary/aromatic N) is 4. The fourth-order valence-electron chi connectivity index (χ4n) is 2.92. The van der Waals surface area contributed by atoms with E-state index in [1.54, 1.807) is 7.05 Å². The van der Waals surface area contributed by atoms with Crippen LogP contribution in [0.15, 0.2) is 38.3 Å². The number of aromatic nitrogens is 2. The van der Waals surface area contributed by atoms with E-state index in [1.165, 1.54) is 5.69 Å². The van der Waals surface area contributed by atoms with Gasteiger partial charge in [-0.25, -0.2) is 0 Å². The van der Waals surface area contributed by atoms with Crippen molar-refractivity contribution in [2.24, 2.45) is 4.99 Å². The Morgan fingerprint density at radius 3 is 3.00 bits per heavy atom. The molecule has 7 nitrogen and oxygen atoms in total. The Hall–Kier alpha value is -2.09. The van der Waals surface area contributed by atoms with E-state index in [1.807, 2.05) is 13.0 Å². The molecule has 1 atom stereocenters. The topological polar surface area (TPSA) is 78.6 Å². The smallest absolute Gasteiger partial charge is 0.228 e. The first-order valence-electron chi connectivity index (χ1n) is 8.41. The molecule has 1 aromatic carbocycles. The van der Waals surface area contributed by atoms with Gasteiger partial charge < -0.3 is 20.1 Å². The van der Waals surface area contributed by atoms with E-state index in [4.69, 9.17) is 4.52 Å². The zero-order valence-electron chi connectivity index (χ0n) is 14.5. The monoisotopic (exact) mass is 406 g/mol. The van der Waals surface area contributed by atoms with Gasteiger partial charge in [-0.1, -0.05) is 17.3 Å². The van der Waals surface area contributed by atoms with Crippen LogP contribution in [0.1, 0.15) is 18.1 Å². The van der Waals surface area contributed by atoms with Gasteiger partial charge in [0.2, 0.25) is 5.89 Å². The molecule has 2 heterocycles. The average molecular weight is 407 g/mol. The molecule has 0 bridgehead atoms. The van der Waals surface area contributed by atoms with Crippen LogP contribution in [0.3, 0.4) is 0 Å². The average Bonchev–Trinajstić information content (AvgIpc) is 3.23. The van der Waals surface area contributed by atoms with Gasteiger partial charge in [-0.2, -0.15) is 4.98 Å². The van der Waals surface area contributed by atoms with Gasteiger partial charge in [-0.15, -0.1) is 0 Å². The van der Waals surface area contributed by atoms with Crippen molar-refractivity contribution in [1.82, 2.24) is 20.8 Å². The number of benzene rings is 1. The third kappa shape index (κ3) is 4.72. The number of hydrogen-bond acceptors (Lipinski definition) is 5. The minimum absolute atomic E-state index is 0.365. The van der Waals surface area contributed by atoms with Crippen molar-refractivity contribution >= 4 is 27.6 Å². The summed E-state index contributed by atoms with van der Waals surface area (Å²) in [5.74, 6) is 2.10. The number of guanidine groups is 1. The predicted molar refractivity (Wildman–Crippen MR) is 102 cm³/mol. The molecule has 3 rings (SSSR count). The highest BCUT2D eigenvalue weighted by molar-refractivity contribution is 9.10. The number of nitrogens with one attached hydrogen (secondary N) is 2. The lowest BCUT2D eigenvalue weighted by Gasteiger charge is -2.21. The van der Waals surface area contributed by atoms with Crippen molar-refractivity contribution in [2.45, 2.75) is 25.8 Å². The maximum Gasteiger partial charge on any atom is 0.228 e. The molecule has 1 saturated heterocycles. The minimum Gasteiger partial charge on any atom is -0.368 e. The number of rotatable bonds is 5. The van der Waals surface area contributed by atoms with Crippen molar-refractivity contribution in [2.75, 3.05) is 31.6 Å². The van der Waals surface area contributed by atoms with E-state index in [2.05, 4.69) is 64.8 Å². The van der Waals surface area contributed by atoms with E-state index in [-0.39, 0.29) is 0 Å². The third-order valence-electron chi connectivity index (χ3n) is 4.15. The molecule has 134 valence electrons. The summed E-state index contributed by atoms with van der Waals surface area (Å²) in [6.07, 6.45) is 1.75. The predicted octanol–water partition coefficient (Wildman–Crippen LogP) is 2.13. The van der Waals surface area contributed by atoms with Crippen molar-refractivity contribution in [1.29, 1.82) is 0 Å². The Bertz CT molecular complexity index is 731. The zero-order valence-corrected chi connectivity index (χ0v) is 16.1. The van der Waals surface area contributed by atoms with Crippen LogP contribution in [0.2, 0.25) is 0 Å². The number of hydrogen-bond donors (Lipinski definition) is 2. The standard InChI is InChI=1S/C17H23BrN6O/c1-12-21-16(25-23-12)7-9-20-17(19-2)22-13-8-10-24(11-13)15-6-4-3-5-14(15)18/h3-6,13H,7-11H2,1-2H3,(H2,19,20,22). The third-order valence-corrected chi connectivity index (χ3v) is 4.82. The fraction of sp³-hybridized carbons (Fsp3) is 0.471. The summed E-state index contributed by atoms with van der Waals surface area (Å²) in [5.41, 5.74) is 1.24. The lowest BCUT2D eigenvalue weighted by molar-refractivity contribution is 0.374. The molecule has 1 aliphatic rings. The van der Waals surface area contributed by atoms with Gasteiger partial charge in [-0.3, -0.25) is 4.99 Å². The molecule has 8 heteroatoms. The van der Waals surface area contributed by atoms with E-state index in [0.717, 1.165) is 29.9 Å². The van der Waals surface area contributed by atoms with E-state index < -0.39 is 0 Å². The number of anilines is 1. The van der Waals surface area contributed by atoms with Gasteiger partial charge in [0.1, 0.15) is 0 Å². The van der Waals surface area contributed by atoms with Gasteiger partial charge in [0.05, 0.1) is 5.69 Å². The second-order valence-corrected chi connectivity index (χ2v) is 6.87. The molecule has 0 spiro atoms. The van der Waals surface area contributed by atoms with Crippen LogP contribution in [-0.2, 0) is 6.42 Å². The van der Waals surface area contributed by atoms with Crippen LogP contribution in [0.5, 0.6) is 0 Å². The van der Waals surface area contributed by atoms with Gasteiger partial charge in [-0.05, 0) is 41.4 Å². The van der Waals surface area contributed by atoms with Gasteiger partial charge in [0.25, 0.3) is 0 Å². The van der Waals surface area contributed by atoms with Crippen LogP contribution >= 0.6 is 15.9 Å². The highest BCUT2D eigenvalue weighted by Gasteiger charge is 2.24. The molecule has 0 amide bonds. The first-order chi connectivity index (χ1) is 12.2. The summed E-state index contributed by atoms with van der Waals surface area (Å²) in [7, 11) is 1.78. The number of para-hydroxylation sites is 1. The van der Waals surface area contributed by atoms with Gasteiger partial charge in [0.15, 0.2) is 11.8 Å². The second kappa shape index (κ2) is 8.33. The molecule has 2 aromatic rings. The molecule has 0 saturated carbocycles. The maximum atomic E-state index is 5.11. The Labute approximate surface area is 156 Å². The number of halogens is 1. The van der Waals surface area contributed by atoms with Crippen molar-refractivity contribution in [3.63, 3.8) is 0 Å². The van der Waals surface area contributed by atoms with Crippen LogP contribution in [0, 0.1) is 6.92 Å². The Kier molecular flexibility index (Phi) is 5.91. The normalized spacial score (nSPS) is 17.8. The first-order valence-corrected chi connectivity index (χ1v) is 9.21. The molecule has 2 N–H and O–H groups in total. The van der Waals surface area contributed by atoms with Gasteiger partial charge in [0, 0.05) is 43.6 Å². The largest absolute Gasteiger partial charge is 0.368 e. The summed E-state index contributed by atoms with van der Waals surface area (Å²) in [6, 6.07) is 8.70. The summed E-state index contributed by atoms with van der Waals surface area (Å²) in [4.78, 5) is 10.9. The van der Waals surface area contributed by atoms with Crippen molar-refractivity contribution < 1.29 is 4.52 Å². The van der Waals surface area contributed by atoms with E-state index in [0.29, 0.717) is 30.7 Å². The molecule has 1 aliphatic heterocycles. The Morgan fingerprint density at radius 1 is 1.44 bits per heavy atom. The summed E-state index contributed by atoms with van der Waals surface area (Å²) >= 11 is 3.63. The van der Waals surface area contributed by atoms with Gasteiger partial charge >= 0.3 is 0 Å². The van der Waals surface area contributed by atoms with Crippen LogP contribution < -0.4 is 15.5 Å².